The first-order valence-electron chi connectivity index (χ1n) is 10.3. The van der Waals surface area contributed by atoms with Crippen LogP contribution in [0.15, 0.2) is 47.0 Å². The van der Waals surface area contributed by atoms with Gasteiger partial charge in [-0.05, 0) is 37.8 Å². The number of rotatable bonds is 6. The van der Waals surface area contributed by atoms with Crippen LogP contribution in [0.1, 0.15) is 36.2 Å². The van der Waals surface area contributed by atoms with Gasteiger partial charge in [-0.1, -0.05) is 5.16 Å². The average molecular weight is 454 g/mol. The third-order valence-corrected chi connectivity index (χ3v) is 5.44. The summed E-state index contributed by atoms with van der Waals surface area (Å²) in [5, 5.41) is 37.9. The molecule has 0 aliphatic heterocycles. The largest absolute Gasteiger partial charge is 0.508 e. The van der Waals surface area contributed by atoms with Gasteiger partial charge in [0.25, 0.3) is 11.6 Å². The molecule has 3 aromatic rings. The first-order valence-corrected chi connectivity index (χ1v) is 10.3. The Kier molecular flexibility index (Phi) is 6.13. The Balaban J connectivity index is 1.57. The minimum atomic E-state index is -0.543. The number of phenolic OH excluding ortho intramolecular Hbond substituents is 2. The summed E-state index contributed by atoms with van der Waals surface area (Å²) in [5.41, 5.74) is 5.86. The number of benzene rings is 2. The third kappa shape index (κ3) is 5.04. The van der Waals surface area contributed by atoms with Crippen LogP contribution < -0.4 is 15.8 Å². The molecule has 1 amide bonds. The monoisotopic (exact) mass is 454 g/mol. The van der Waals surface area contributed by atoms with Crippen LogP contribution in [0, 0.1) is 10.1 Å². The van der Waals surface area contributed by atoms with Crippen LogP contribution in [0.3, 0.4) is 0 Å². The lowest BCUT2D eigenvalue weighted by Crippen LogP contribution is -2.40. The smallest absolute Gasteiger partial charge is 0.273 e. The zero-order valence-electron chi connectivity index (χ0n) is 17.4. The fraction of sp³-hybridized carbons (Fsp3) is 0.273. The average Bonchev–Trinajstić information content (AvgIpc) is 3.25. The van der Waals surface area contributed by atoms with Crippen LogP contribution in [0.2, 0.25) is 0 Å². The molecule has 11 nitrogen and oxygen atoms in total. The van der Waals surface area contributed by atoms with E-state index in [0.717, 1.165) is 31.7 Å². The SMILES string of the molecule is N[C@H]1CC[C@H](NC(=O)c2cc(-c3c(O)cc(O)cc3Oc3ccc([N+](=O)[O-])cc3)on2)CC1. The fourth-order valence-corrected chi connectivity index (χ4v) is 3.70. The third-order valence-electron chi connectivity index (χ3n) is 5.44. The molecule has 0 atom stereocenters. The van der Waals surface area contributed by atoms with Crippen molar-refractivity contribution in [3.8, 4) is 34.3 Å². The van der Waals surface area contributed by atoms with E-state index in [4.69, 9.17) is 15.0 Å². The molecule has 1 aliphatic carbocycles. The van der Waals surface area contributed by atoms with Crippen LogP contribution in [0.25, 0.3) is 11.3 Å². The maximum atomic E-state index is 12.6. The van der Waals surface area contributed by atoms with Crippen molar-refractivity contribution in [2.75, 3.05) is 0 Å². The van der Waals surface area contributed by atoms with Crippen molar-refractivity contribution in [3.63, 3.8) is 0 Å². The van der Waals surface area contributed by atoms with Crippen molar-refractivity contribution in [3.05, 3.63) is 58.3 Å². The molecule has 4 rings (SSSR count). The molecule has 0 unspecified atom stereocenters. The summed E-state index contributed by atoms with van der Waals surface area (Å²) in [6.45, 7) is 0. The summed E-state index contributed by atoms with van der Waals surface area (Å²) in [7, 11) is 0. The van der Waals surface area contributed by atoms with Crippen molar-refractivity contribution in [1.29, 1.82) is 0 Å². The number of nitrogens with two attached hydrogens (primary N) is 1. The van der Waals surface area contributed by atoms with E-state index in [2.05, 4.69) is 10.5 Å². The van der Waals surface area contributed by atoms with Crippen molar-refractivity contribution in [2.24, 2.45) is 5.73 Å². The van der Waals surface area contributed by atoms with Gasteiger partial charge in [-0.25, -0.2) is 0 Å². The zero-order valence-corrected chi connectivity index (χ0v) is 17.4. The van der Waals surface area contributed by atoms with Crippen LogP contribution in [-0.4, -0.2) is 38.3 Å². The predicted molar refractivity (Wildman–Crippen MR) is 116 cm³/mol. The number of aromatic hydroxyl groups is 2. The second-order valence-electron chi connectivity index (χ2n) is 7.85. The van der Waals surface area contributed by atoms with Crippen molar-refractivity contribution in [2.45, 2.75) is 37.8 Å². The number of nitrogens with zero attached hydrogens (tertiary/aromatic N) is 2. The lowest BCUT2D eigenvalue weighted by molar-refractivity contribution is -0.384. The summed E-state index contributed by atoms with van der Waals surface area (Å²) in [6.07, 6.45) is 3.23. The Bertz CT molecular complexity index is 1170. The summed E-state index contributed by atoms with van der Waals surface area (Å²) in [5.74, 6) is -0.787. The Morgan fingerprint density at radius 1 is 1.15 bits per heavy atom. The molecular weight excluding hydrogens is 432 g/mol. The predicted octanol–water partition coefficient (Wildman–Crippen LogP) is 3.45. The van der Waals surface area contributed by atoms with Crippen LogP contribution in [0.5, 0.6) is 23.0 Å². The van der Waals surface area contributed by atoms with Gasteiger partial charge in [0, 0.05) is 42.4 Å². The highest BCUT2D eigenvalue weighted by atomic mass is 16.6. The minimum Gasteiger partial charge on any atom is -0.508 e. The highest BCUT2D eigenvalue weighted by molar-refractivity contribution is 5.93. The minimum absolute atomic E-state index is 0.000516. The molecule has 1 fully saturated rings. The number of carbonyl (C=O) groups is 1. The number of non-ortho nitro benzene ring substituents is 1. The summed E-state index contributed by atoms with van der Waals surface area (Å²) < 4.78 is 11.0. The molecule has 1 saturated carbocycles. The number of aromatic nitrogens is 1. The molecule has 0 spiro atoms. The highest BCUT2D eigenvalue weighted by Crippen LogP contribution is 2.43. The van der Waals surface area contributed by atoms with Crippen LogP contribution in [-0.2, 0) is 0 Å². The van der Waals surface area contributed by atoms with Crippen molar-refractivity contribution < 1.29 is 29.2 Å². The number of amides is 1. The van der Waals surface area contributed by atoms with Crippen molar-refractivity contribution >= 4 is 11.6 Å². The standard InChI is InChI=1S/C22H22N4O7/c23-12-1-3-13(4-2-12)24-22(29)17-11-20(33-25-17)21-18(28)9-15(27)10-19(21)32-16-7-5-14(6-8-16)26(30)31/h5-13,27-28H,1-4,23H2,(H,24,29)/t12-,13-. The molecule has 0 radical (unpaired) electrons. The fourth-order valence-electron chi connectivity index (χ4n) is 3.70. The molecule has 1 aliphatic rings. The number of hydrogen-bond acceptors (Lipinski definition) is 9. The Morgan fingerprint density at radius 2 is 1.85 bits per heavy atom. The maximum absolute atomic E-state index is 12.6. The normalized spacial score (nSPS) is 18.0. The van der Waals surface area contributed by atoms with E-state index in [9.17, 15) is 25.1 Å². The molecule has 1 aromatic heterocycles. The first-order chi connectivity index (χ1) is 15.8. The van der Waals surface area contributed by atoms with Crippen molar-refractivity contribution in [1.82, 2.24) is 10.5 Å². The van der Waals surface area contributed by atoms with Gasteiger partial charge in [-0.15, -0.1) is 0 Å². The number of nitro groups is 1. The van der Waals surface area contributed by atoms with Gasteiger partial charge in [-0.2, -0.15) is 0 Å². The lowest BCUT2D eigenvalue weighted by Gasteiger charge is -2.26. The topological polar surface area (TPSA) is 174 Å². The second-order valence-corrected chi connectivity index (χ2v) is 7.85. The van der Waals surface area contributed by atoms with Gasteiger partial charge in [0.2, 0.25) is 0 Å². The summed E-state index contributed by atoms with van der Waals surface area (Å²) in [6, 6.07) is 9.11. The molecule has 2 aromatic carbocycles. The Morgan fingerprint density at radius 3 is 2.52 bits per heavy atom. The lowest BCUT2D eigenvalue weighted by atomic mass is 9.92. The molecule has 33 heavy (non-hydrogen) atoms. The highest BCUT2D eigenvalue weighted by Gasteiger charge is 2.24. The van der Waals surface area contributed by atoms with Gasteiger partial charge < -0.3 is 30.5 Å². The van der Waals surface area contributed by atoms with E-state index in [-0.39, 0.29) is 57.8 Å². The summed E-state index contributed by atoms with van der Waals surface area (Å²) >= 11 is 0. The molecule has 0 bridgehead atoms. The maximum Gasteiger partial charge on any atom is 0.273 e. The molecular formula is C22H22N4O7. The zero-order chi connectivity index (χ0) is 23.5. The first kappa shape index (κ1) is 22.1. The number of nitro benzene ring substituents is 1. The quantitative estimate of drug-likeness (QED) is 0.321. The van der Waals surface area contributed by atoms with E-state index in [1.54, 1.807) is 0 Å². The molecule has 11 heteroatoms. The Hall–Kier alpha value is -4.12. The van der Waals surface area contributed by atoms with E-state index < -0.39 is 10.8 Å². The number of hydrogen-bond donors (Lipinski definition) is 4. The molecule has 172 valence electrons. The van der Waals surface area contributed by atoms with Crippen LogP contribution >= 0.6 is 0 Å². The second kappa shape index (κ2) is 9.17. The van der Waals surface area contributed by atoms with Gasteiger partial charge in [0.1, 0.15) is 28.6 Å². The number of carbonyl (C=O) groups excluding carboxylic acids is 1. The molecule has 1 heterocycles. The van der Waals surface area contributed by atoms with Gasteiger partial charge in [0.15, 0.2) is 11.5 Å². The van der Waals surface area contributed by atoms with Gasteiger partial charge in [0.05, 0.1) is 4.92 Å². The summed E-state index contributed by atoms with van der Waals surface area (Å²) in [4.78, 5) is 22.9. The van der Waals surface area contributed by atoms with Gasteiger partial charge >= 0.3 is 0 Å². The molecule has 5 N–H and O–H groups in total. The van der Waals surface area contributed by atoms with Crippen LogP contribution in [0.4, 0.5) is 5.69 Å². The van der Waals surface area contributed by atoms with E-state index in [1.807, 2.05) is 0 Å². The van der Waals surface area contributed by atoms with Gasteiger partial charge in [-0.3, -0.25) is 14.9 Å². The van der Waals surface area contributed by atoms with E-state index in [0.29, 0.717) is 0 Å². The number of ether oxygens (including phenoxy) is 1. The Labute approximate surface area is 187 Å². The van der Waals surface area contributed by atoms with E-state index in [1.165, 1.54) is 36.4 Å². The van der Waals surface area contributed by atoms with E-state index >= 15 is 0 Å². The number of phenols is 2. The molecule has 0 saturated heterocycles. The number of nitrogens with one attached hydrogen (secondary N) is 1.